The summed E-state index contributed by atoms with van der Waals surface area (Å²) in [6.45, 7) is 0. The van der Waals surface area contributed by atoms with Gasteiger partial charge in [-0.1, -0.05) is 36.4 Å². The molecule has 0 aliphatic heterocycles. The van der Waals surface area contributed by atoms with Crippen molar-refractivity contribution < 1.29 is 19.1 Å². The lowest BCUT2D eigenvalue weighted by atomic mass is 9.94. The molecule has 158 valence electrons. The number of esters is 2. The Morgan fingerprint density at radius 1 is 0.710 bits per heavy atom. The summed E-state index contributed by atoms with van der Waals surface area (Å²) in [7, 11) is 6.73. The highest BCUT2D eigenvalue weighted by molar-refractivity contribution is 5.95. The Hall–Kier alpha value is -3.86. The Morgan fingerprint density at radius 3 is 1.74 bits per heavy atom. The molecule has 5 heteroatoms. The average Bonchev–Trinajstić information content (AvgIpc) is 2.82. The summed E-state index contributed by atoms with van der Waals surface area (Å²) in [5, 5.41) is 0. The minimum Gasteiger partial charge on any atom is -0.465 e. The Kier molecular flexibility index (Phi) is 6.88. The van der Waals surface area contributed by atoms with Crippen LogP contribution < -0.4 is 4.90 Å². The number of nitrogens with zero attached hydrogens (tertiary/aromatic N) is 1. The molecule has 0 radical (unpaired) electrons. The number of hydrogen-bond donors (Lipinski definition) is 0. The zero-order chi connectivity index (χ0) is 22.4. The standard InChI is InChI=1S/C26H25NO4/c1-27(2)23-7-5-6-22(17-23)24(19-12-14-21(15-13-19)26(29)31-4)16-18-8-10-20(11-9-18)25(28)30-3/h5-17H,1-4H3/b24-16+. The first-order valence-corrected chi connectivity index (χ1v) is 9.79. The largest absolute Gasteiger partial charge is 0.465 e. The topological polar surface area (TPSA) is 55.8 Å². The minimum absolute atomic E-state index is 0.368. The number of carbonyl (C=O) groups excluding carboxylic acids is 2. The number of benzene rings is 3. The van der Waals surface area contributed by atoms with Gasteiger partial charge in [0.25, 0.3) is 0 Å². The molecule has 31 heavy (non-hydrogen) atoms. The van der Waals surface area contributed by atoms with E-state index >= 15 is 0 Å². The second-order valence-corrected chi connectivity index (χ2v) is 7.19. The fourth-order valence-electron chi connectivity index (χ4n) is 3.19. The van der Waals surface area contributed by atoms with Crippen molar-refractivity contribution in [2.45, 2.75) is 0 Å². The molecular weight excluding hydrogens is 390 g/mol. The molecule has 0 fully saturated rings. The normalized spacial score (nSPS) is 11.0. The van der Waals surface area contributed by atoms with Gasteiger partial charge < -0.3 is 14.4 Å². The number of ether oxygens (including phenoxy) is 2. The predicted octanol–water partition coefficient (Wildman–Crippen LogP) is 4.91. The van der Waals surface area contributed by atoms with Crippen LogP contribution in [0.1, 0.15) is 37.4 Å². The molecule has 5 nitrogen and oxygen atoms in total. The van der Waals surface area contributed by atoms with Gasteiger partial charge in [-0.05, 0) is 64.7 Å². The highest BCUT2D eigenvalue weighted by Gasteiger charge is 2.11. The fourth-order valence-corrected chi connectivity index (χ4v) is 3.19. The molecule has 0 atom stereocenters. The maximum Gasteiger partial charge on any atom is 0.337 e. The first kappa shape index (κ1) is 21.8. The summed E-state index contributed by atoms with van der Waals surface area (Å²) in [5.41, 5.74) is 6.00. The second-order valence-electron chi connectivity index (χ2n) is 7.19. The molecule has 0 heterocycles. The van der Waals surface area contributed by atoms with Crippen molar-refractivity contribution in [3.63, 3.8) is 0 Å². The molecular formula is C26H25NO4. The van der Waals surface area contributed by atoms with Gasteiger partial charge in [0.05, 0.1) is 25.3 Å². The van der Waals surface area contributed by atoms with Gasteiger partial charge in [-0.3, -0.25) is 0 Å². The zero-order valence-electron chi connectivity index (χ0n) is 18.1. The van der Waals surface area contributed by atoms with E-state index in [0.717, 1.165) is 28.0 Å². The average molecular weight is 415 g/mol. The maximum absolute atomic E-state index is 11.8. The van der Waals surface area contributed by atoms with E-state index in [4.69, 9.17) is 9.47 Å². The summed E-state index contributed by atoms with van der Waals surface area (Å²) >= 11 is 0. The van der Waals surface area contributed by atoms with E-state index in [2.05, 4.69) is 18.2 Å². The number of anilines is 1. The van der Waals surface area contributed by atoms with Crippen LogP contribution in [0.3, 0.4) is 0 Å². The number of carbonyl (C=O) groups is 2. The molecule has 3 aromatic carbocycles. The Labute approximate surface area is 182 Å². The van der Waals surface area contributed by atoms with E-state index < -0.39 is 0 Å². The highest BCUT2D eigenvalue weighted by Crippen LogP contribution is 2.29. The molecule has 0 aliphatic carbocycles. The van der Waals surface area contributed by atoms with Crippen molar-refractivity contribution in [3.05, 3.63) is 101 Å². The van der Waals surface area contributed by atoms with Crippen molar-refractivity contribution >= 4 is 29.3 Å². The molecule has 0 spiro atoms. The molecule has 0 N–H and O–H groups in total. The number of rotatable bonds is 6. The molecule has 0 amide bonds. The number of hydrogen-bond acceptors (Lipinski definition) is 5. The van der Waals surface area contributed by atoms with E-state index in [1.165, 1.54) is 14.2 Å². The molecule has 3 aromatic rings. The van der Waals surface area contributed by atoms with Crippen LogP contribution in [0.4, 0.5) is 5.69 Å². The van der Waals surface area contributed by atoms with Crippen molar-refractivity contribution in [1.29, 1.82) is 0 Å². The van der Waals surface area contributed by atoms with E-state index in [9.17, 15) is 9.59 Å². The quantitative estimate of drug-likeness (QED) is 0.423. The first-order valence-electron chi connectivity index (χ1n) is 9.79. The van der Waals surface area contributed by atoms with Crippen molar-refractivity contribution in [2.24, 2.45) is 0 Å². The Morgan fingerprint density at radius 2 is 1.23 bits per heavy atom. The third-order valence-corrected chi connectivity index (χ3v) is 4.93. The lowest BCUT2D eigenvalue weighted by molar-refractivity contribution is 0.0592. The number of methoxy groups -OCH3 is 2. The third kappa shape index (κ3) is 5.20. The molecule has 0 bridgehead atoms. The molecule has 0 aliphatic rings. The van der Waals surface area contributed by atoms with E-state index in [1.807, 2.05) is 55.4 Å². The van der Waals surface area contributed by atoms with Gasteiger partial charge in [0.2, 0.25) is 0 Å². The Balaban J connectivity index is 2.08. The minimum atomic E-state index is -0.370. The summed E-state index contributed by atoms with van der Waals surface area (Å²) in [4.78, 5) is 25.6. The first-order chi connectivity index (χ1) is 14.9. The SMILES string of the molecule is COC(=O)c1ccc(/C=C(\c2ccc(C(=O)OC)cc2)c2cccc(N(C)C)c2)cc1. The van der Waals surface area contributed by atoms with Gasteiger partial charge in [-0.2, -0.15) is 0 Å². The van der Waals surface area contributed by atoms with Crippen LogP contribution in [0, 0.1) is 0 Å². The highest BCUT2D eigenvalue weighted by atomic mass is 16.5. The zero-order valence-corrected chi connectivity index (χ0v) is 18.1. The van der Waals surface area contributed by atoms with Crippen molar-refractivity contribution in [3.8, 4) is 0 Å². The molecule has 0 saturated heterocycles. The van der Waals surface area contributed by atoms with Gasteiger partial charge in [-0.25, -0.2) is 9.59 Å². The van der Waals surface area contributed by atoms with E-state index in [0.29, 0.717) is 11.1 Å². The monoisotopic (exact) mass is 415 g/mol. The van der Waals surface area contributed by atoms with Crippen LogP contribution in [0.25, 0.3) is 11.6 Å². The van der Waals surface area contributed by atoms with Gasteiger partial charge in [0, 0.05) is 19.8 Å². The van der Waals surface area contributed by atoms with E-state index in [-0.39, 0.29) is 11.9 Å². The van der Waals surface area contributed by atoms with Gasteiger partial charge in [-0.15, -0.1) is 0 Å². The molecule has 0 unspecified atom stereocenters. The molecule has 3 rings (SSSR count). The van der Waals surface area contributed by atoms with Crippen LogP contribution in [0.5, 0.6) is 0 Å². The van der Waals surface area contributed by atoms with Crippen LogP contribution in [-0.4, -0.2) is 40.3 Å². The van der Waals surface area contributed by atoms with Gasteiger partial charge in [0.1, 0.15) is 0 Å². The summed E-state index contributed by atoms with van der Waals surface area (Å²) < 4.78 is 9.58. The van der Waals surface area contributed by atoms with Crippen LogP contribution in [-0.2, 0) is 9.47 Å². The fraction of sp³-hybridized carbons (Fsp3) is 0.154. The lowest BCUT2D eigenvalue weighted by Gasteiger charge is -2.16. The van der Waals surface area contributed by atoms with Crippen LogP contribution >= 0.6 is 0 Å². The second kappa shape index (κ2) is 9.76. The van der Waals surface area contributed by atoms with Gasteiger partial charge in [0.15, 0.2) is 0 Å². The summed E-state index contributed by atoms with van der Waals surface area (Å²) in [6, 6.07) is 22.8. The van der Waals surface area contributed by atoms with Crippen LogP contribution in [0.2, 0.25) is 0 Å². The predicted molar refractivity (Wildman–Crippen MR) is 123 cm³/mol. The Bertz CT molecular complexity index is 1100. The molecule has 0 aromatic heterocycles. The van der Waals surface area contributed by atoms with Crippen molar-refractivity contribution in [1.82, 2.24) is 0 Å². The third-order valence-electron chi connectivity index (χ3n) is 4.93. The summed E-state index contributed by atoms with van der Waals surface area (Å²) in [6.07, 6.45) is 2.06. The maximum atomic E-state index is 11.8. The van der Waals surface area contributed by atoms with E-state index in [1.54, 1.807) is 24.3 Å². The van der Waals surface area contributed by atoms with Crippen LogP contribution in [0.15, 0.2) is 72.8 Å². The smallest absolute Gasteiger partial charge is 0.337 e. The molecule has 0 saturated carbocycles. The lowest BCUT2D eigenvalue weighted by Crippen LogP contribution is -2.08. The summed E-state index contributed by atoms with van der Waals surface area (Å²) in [5.74, 6) is -0.738. The van der Waals surface area contributed by atoms with Gasteiger partial charge >= 0.3 is 11.9 Å². The van der Waals surface area contributed by atoms with Crippen molar-refractivity contribution in [2.75, 3.05) is 33.2 Å².